The number of aromatic carboxylic acids is 1. The van der Waals surface area contributed by atoms with Gasteiger partial charge in [0.1, 0.15) is 5.56 Å². The number of aromatic nitrogens is 3. The van der Waals surface area contributed by atoms with Crippen molar-refractivity contribution in [2.75, 3.05) is 10.6 Å². The zero-order valence-electron chi connectivity index (χ0n) is 17.0. The molecule has 0 aliphatic heterocycles. The lowest BCUT2D eigenvalue weighted by atomic mass is 10.1. The van der Waals surface area contributed by atoms with Crippen LogP contribution in [0.2, 0.25) is 0 Å². The number of carboxylic acids is 1. The molecule has 3 N–H and O–H groups in total. The van der Waals surface area contributed by atoms with Crippen LogP contribution < -0.4 is 10.6 Å². The summed E-state index contributed by atoms with van der Waals surface area (Å²) in [5.74, 6) is -1.18. The Morgan fingerprint density at radius 3 is 2.47 bits per heavy atom. The van der Waals surface area contributed by atoms with Crippen LogP contribution in [0.25, 0.3) is 16.9 Å². The Kier molecular flexibility index (Phi) is 5.60. The molecule has 0 spiro atoms. The van der Waals surface area contributed by atoms with Crippen molar-refractivity contribution in [3.63, 3.8) is 0 Å². The second-order valence-corrected chi connectivity index (χ2v) is 6.96. The highest BCUT2D eigenvalue weighted by molar-refractivity contribution is 6.00. The minimum absolute atomic E-state index is 0.0730. The zero-order valence-corrected chi connectivity index (χ0v) is 17.0. The number of alkyl halides is 3. The second kappa shape index (κ2) is 8.55. The van der Waals surface area contributed by atoms with Crippen molar-refractivity contribution in [1.82, 2.24) is 14.6 Å². The first kappa shape index (κ1) is 22.3. The van der Waals surface area contributed by atoms with Gasteiger partial charge in [-0.1, -0.05) is 12.1 Å². The molecule has 0 aliphatic carbocycles. The number of amides is 2. The van der Waals surface area contributed by atoms with Gasteiger partial charge in [0.2, 0.25) is 0 Å². The topological polar surface area (TPSA) is 132 Å². The van der Waals surface area contributed by atoms with E-state index in [1.807, 2.05) is 0 Å². The molecule has 2 aromatic carbocycles. The number of fused-ring (bicyclic) bond motifs is 1. The Hall–Kier alpha value is -4.92. The highest BCUT2D eigenvalue weighted by Gasteiger charge is 2.34. The van der Waals surface area contributed by atoms with Gasteiger partial charge in [0, 0.05) is 23.1 Å². The van der Waals surface area contributed by atoms with Crippen LogP contribution in [-0.4, -0.2) is 31.7 Å². The van der Waals surface area contributed by atoms with Crippen LogP contribution in [0.5, 0.6) is 0 Å². The standard InChI is InChI=1S/C22H13F3N6O3/c23-22(24,25)17-9-15(5-4-13(17)10-26)30-21(34)29-14-3-1-2-12(8-14)18-6-7-27-19-16(20(32)33)11-28-31(18)19/h1-9,11H,(H,32,33)(H2,29,30,34). The summed E-state index contributed by atoms with van der Waals surface area (Å²) in [6.45, 7) is 0. The Balaban J connectivity index is 1.57. The van der Waals surface area contributed by atoms with E-state index >= 15 is 0 Å². The number of benzene rings is 2. The van der Waals surface area contributed by atoms with Gasteiger partial charge in [-0.25, -0.2) is 19.1 Å². The Morgan fingerprint density at radius 1 is 1.06 bits per heavy atom. The summed E-state index contributed by atoms with van der Waals surface area (Å²) in [7, 11) is 0. The van der Waals surface area contributed by atoms with Crippen LogP contribution in [0, 0.1) is 11.3 Å². The number of nitriles is 1. The molecule has 0 aliphatic rings. The fourth-order valence-corrected chi connectivity index (χ4v) is 3.26. The number of anilines is 2. The molecule has 2 amide bonds. The summed E-state index contributed by atoms with van der Waals surface area (Å²) in [6, 6.07) is 11.6. The molecular formula is C22H13F3N6O3. The molecule has 4 rings (SSSR count). The van der Waals surface area contributed by atoms with Crippen LogP contribution in [0.15, 0.2) is 60.9 Å². The number of carbonyl (C=O) groups excluding carboxylic acids is 1. The van der Waals surface area contributed by atoms with Crippen molar-refractivity contribution in [2.24, 2.45) is 0 Å². The molecule has 0 unspecified atom stereocenters. The van der Waals surface area contributed by atoms with E-state index in [1.165, 1.54) is 29.0 Å². The maximum Gasteiger partial charge on any atom is 0.417 e. The van der Waals surface area contributed by atoms with E-state index < -0.39 is 29.3 Å². The summed E-state index contributed by atoms with van der Waals surface area (Å²) >= 11 is 0. The molecule has 0 bridgehead atoms. The number of nitrogens with one attached hydrogen (secondary N) is 2. The average molecular weight is 466 g/mol. The summed E-state index contributed by atoms with van der Waals surface area (Å²) in [6.07, 6.45) is -2.15. The molecule has 170 valence electrons. The molecule has 9 nitrogen and oxygen atoms in total. The minimum atomic E-state index is -4.75. The largest absolute Gasteiger partial charge is 0.477 e. The molecular weight excluding hydrogens is 453 g/mol. The highest BCUT2D eigenvalue weighted by atomic mass is 19.4. The third-order valence-corrected chi connectivity index (χ3v) is 4.75. The first-order valence-corrected chi connectivity index (χ1v) is 9.53. The van der Waals surface area contributed by atoms with Crippen LogP contribution in [0.3, 0.4) is 0 Å². The fourth-order valence-electron chi connectivity index (χ4n) is 3.26. The molecule has 0 fully saturated rings. The quantitative estimate of drug-likeness (QED) is 0.402. The normalized spacial score (nSPS) is 11.1. The third-order valence-electron chi connectivity index (χ3n) is 4.75. The van der Waals surface area contributed by atoms with Gasteiger partial charge in [-0.2, -0.15) is 23.5 Å². The first-order valence-electron chi connectivity index (χ1n) is 9.53. The Bertz CT molecular complexity index is 1470. The van der Waals surface area contributed by atoms with E-state index in [2.05, 4.69) is 20.7 Å². The van der Waals surface area contributed by atoms with E-state index in [0.29, 0.717) is 23.0 Å². The van der Waals surface area contributed by atoms with Crippen molar-refractivity contribution >= 4 is 29.0 Å². The molecule has 2 aromatic heterocycles. The lowest BCUT2D eigenvalue weighted by Crippen LogP contribution is -2.20. The van der Waals surface area contributed by atoms with E-state index in [-0.39, 0.29) is 16.9 Å². The minimum Gasteiger partial charge on any atom is -0.477 e. The van der Waals surface area contributed by atoms with Gasteiger partial charge >= 0.3 is 18.2 Å². The van der Waals surface area contributed by atoms with Crippen LogP contribution >= 0.6 is 0 Å². The van der Waals surface area contributed by atoms with Gasteiger partial charge in [0.25, 0.3) is 0 Å². The average Bonchev–Trinajstić information content (AvgIpc) is 3.23. The lowest BCUT2D eigenvalue weighted by Gasteiger charge is -2.13. The first-order chi connectivity index (χ1) is 16.2. The summed E-state index contributed by atoms with van der Waals surface area (Å²) in [5, 5.41) is 27.0. The van der Waals surface area contributed by atoms with Crippen LogP contribution in [0.4, 0.5) is 29.3 Å². The SMILES string of the molecule is N#Cc1ccc(NC(=O)Nc2cccc(-c3ccnc4c(C(=O)O)cnn34)c2)cc1C(F)(F)F. The number of halogens is 3. The van der Waals surface area contributed by atoms with Crippen LogP contribution in [-0.2, 0) is 6.18 Å². The van der Waals surface area contributed by atoms with E-state index in [1.54, 1.807) is 30.3 Å². The molecule has 0 radical (unpaired) electrons. The van der Waals surface area contributed by atoms with Gasteiger partial charge < -0.3 is 15.7 Å². The second-order valence-electron chi connectivity index (χ2n) is 6.96. The fraction of sp³-hybridized carbons (Fsp3) is 0.0455. The van der Waals surface area contributed by atoms with E-state index in [9.17, 15) is 27.9 Å². The zero-order chi connectivity index (χ0) is 24.5. The Morgan fingerprint density at radius 2 is 1.79 bits per heavy atom. The number of hydrogen-bond acceptors (Lipinski definition) is 5. The molecule has 0 saturated carbocycles. The van der Waals surface area contributed by atoms with Gasteiger partial charge in [-0.05, 0) is 36.4 Å². The maximum absolute atomic E-state index is 13.1. The van der Waals surface area contributed by atoms with Gasteiger partial charge in [-0.15, -0.1) is 0 Å². The van der Waals surface area contributed by atoms with Crippen molar-refractivity contribution < 1.29 is 27.9 Å². The number of nitrogens with zero attached hydrogens (tertiary/aromatic N) is 4. The molecule has 0 saturated heterocycles. The maximum atomic E-state index is 13.1. The van der Waals surface area contributed by atoms with Crippen molar-refractivity contribution in [3.05, 3.63) is 77.6 Å². The molecule has 2 heterocycles. The van der Waals surface area contributed by atoms with Gasteiger partial charge in [-0.3, -0.25) is 0 Å². The van der Waals surface area contributed by atoms with Crippen molar-refractivity contribution in [1.29, 1.82) is 5.26 Å². The predicted octanol–water partition coefficient (Wildman–Crippen LogP) is 4.63. The monoisotopic (exact) mass is 466 g/mol. The summed E-state index contributed by atoms with van der Waals surface area (Å²) < 4.78 is 40.8. The van der Waals surface area contributed by atoms with Crippen molar-refractivity contribution in [3.8, 4) is 17.3 Å². The number of rotatable bonds is 4. The molecule has 12 heteroatoms. The molecule has 0 atom stereocenters. The van der Waals surface area contributed by atoms with Gasteiger partial charge in [0.15, 0.2) is 5.65 Å². The third kappa shape index (κ3) is 4.35. The highest BCUT2D eigenvalue weighted by Crippen LogP contribution is 2.33. The van der Waals surface area contributed by atoms with Crippen molar-refractivity contribution in [2.45, 2.75) is 6.18 Å². The molecule has 34 heavy (non-hydrogen) atoms. The number of hydrogen-bond donors (Lipinski definition) is 3. The summed E-state index contributed by atoms with van der Waals surface area (Å²) in [5.41, 5.74) is -0.398. The lowest BCUT2D eigenvalue weighted by molar-refractivity contribution is -0.137. The van der Waals surface area contributed by atoms with E-state index in [4.69, 9.17) is 5.26 Å². The summed E-state index contributed by atoms with van der Waals surface area (Å²) in [4.78, 5) is 27.8. The molecule has 4 aromatic rings. The smallest absolute Gasteiger partial charge is 0.417 e. The number of urea groups is 1. The number of carboxylic acid groups (broad SMARTS) is 1. The van der Waals surface area contributed by atoms with Crippen LogP contribution in [0.1, 0.15) is 21.5 Å². The predicted molar refractivity (Wildman–Crippen MR) is 114 cm³/mol. The Labute approximate surface area is 189 Å². The van der Waals surface area contributed by atoms with Gasteiger partial charge in [0.05, 0.1) is 29.1 Å². The van der Waals surface area contributed by atoms with E-state index in [0.717, 1.165) is 6.07 Å². The number of carbonyl (C=O) groups is 2.